The second-order valence-corrected chi connectivity index (χ2v) is 10.3. The van der Waals surface area contributed by atoms with Crippen molar-refractivity contribution in [2.24, 2.45) is 14.1 Å². The summed E-state index contributed by atoms with van der Waals surface area (Å²) >= 11 is 0. The molecule has 11 nitrogen and oxygen atoms in total. The minimum absolute atomic E-state index is 0.143. The van der Waals surface area contributed by atoms with E-state index in [4.69, 9.17) is 4.74 Å². The van der Waals surface area contributed by atoms with Crippen molar-refractivity contribution in [1.82, 2.24) is 34.8 Å². The van der Waals surface area contributed by atoms with E-state index >= 15 is 0 Å². The van der Waals surface area contributed by atoms with Gasteiger partial charge < -0.3 is 20.3 Å². The molecule has 0 aliphatic carbocycles. The van der Waals surface area contributed by atoms with Crippen LogP contribution >= 0.6 is 0 Å². The fourth-order valence-corrected chi connectivity index (χ4v) is 5.31. The second-order valence-electron chi connectivity index (χ2n) is 10.3. The van der Waals surface area contributed by atoms with Crippen LogP contribution in [0.3, 0.4) is 0 Å². The van der Waals surface area contributed by atoms with E-state index < -0.39 is 11.7 Å². The molecule has 2 aromatic carbocycles. The molecule has 0 unspecified atom stereocenters. The first-order chi connectivity index (χ1) is 19.2. The van der Waals surface area contributed by atoms with Gasteiger partial charge in [0.05, 0.1) is 16.8 Å². The van der Waals surface area contributed by atoms with Crippen LogP contribution in [0.15, 0.2) is 48.9 Å². The maximum atomic E-state index is 14.7. The first-order valence-electron chi connectivity index (χ1n) is 13.1. The number of nitrogens with one attached hydrogen (secondary N) is 2. The van der Waals surface area contributed by atoms with Crippen LogP contribution in [0.4, 0.5) is 15.8 Å². The van der Waals surface area contributed by atoms with Gasteiger partial charge in [-0.15, -0.1) is 0 Å². The van der Waals surface area contributed by atoms with E-state index in [1.165, 1.54) is 10.7 Å². The van der Waals surface area contributed by atoms with E-state index in [-0.39, 0.29) is 18.1 Å². The van der Waals surface area contributed by atoms with Gasteiger partial charge in [-0.3, -0.25) is 14.2 Å². The van der Waals surface area contributed by atoms with Gasteiger partial charge in [0.2, 0.25) is 0 Å². The average molecular weight is 544 g/mol. The van der Waals surface area contributed by atoms with Gasteiger partial charge >= 0.3 is 6.01 Å². The lowest BCUT2D eigenvalue weighted by atomic mass is 10.0. The highest BCUT2D eigenvalue weighted by molar-refractivity contribution is 6.14. The minimum Gasteiger partial charge on any atom is -0.457 e. The lowest BCUT2D eigenvalue weighted by Crippen LogP contribution is -2.54. The maximum absolute atomic E-state index is 14.7. The summed E-state index contributed by atoms with van der Waals surface area (Å²) in [6.45, 7) is 6.11. The Hall–Kier alpha value is -4.58. The summed E-state index contributed by atoms with van der Waals surface area (Å²) < 4.78 is 23.8. The number of halogens is 1. The minimum atomic E-state index is -0.510. The molecule has 5 aromatic rings. The van der Waals surface area contributed by atoms with Gasteiger partial charge in [0.15, 0.2) is 5.82 Å². The van der Waals surface area contributed by atoms with Crippen molar-refractivity contribution in [1.29, 1.82) is 0 Å². The zero-order valence-electron chi connectivity index (χ0n) is 22.7. The number of rotatable bonds is 6. The Kier molecular flexibility index (Phi) is 6.54. The van der Waals surface area contributed by atoms with E-state index in [2.05, 4.69) is 49.5 Å². The van der Waals surface area contributed by atoms with Crippen molar-refractivity contribution in [2.45, 2.75) is 32.5 Å². The Morgan fingerprint density at radius 2 is 1.95 bits per heavy atom. The second kappa shape index (κ2) is 10.2. The summed E-state index contributed by atoms with van der Waals surface area (Å²) in [5.74, 6) is -0.929. The summed E-state index contributed by atoms with van der Waals surface area (Å²) in [5.41, 5.74) is 3.14. The molecule has 1 aliphatic rings. The number of aromatic nitrogens is 6. The molecule has 12 heteroatoms. The number of nitrogens with zero attached hydrogens (tertiary/aromatic N) is 7. The number of piperazine rings is 1. The molecule has 4 heterocycles. The number of amides is 1. The number of hydrogen-bond acceptors (Lipinski definition) is 8. The predicted molar refractivity (Wildman–Crippen MR) is 150 cm³/mol. The van der Waals surface area contributed by atoms with E-state index in [0.29, 0.717) is 34.2 Å². The molecule has 2 atom stereocenters. The fourth-order valence-electron chi connectivity index (χ4n) is 5.31. The Morgan fingerprint density at radius 3 is 2.70 bits per heavy atom. The first kappa shape index (κ1) is 25.7. The molecule has 1 aliphatic heterocycles. The van der Waals surface area contributed by atoms with Gasteiger partial charge in [0, 0.05) is 80.0 Å². The Bertz CT molecular complexity index is 1720. The average Bonchev–Trinajstić information content (AvgIpc) is 3.50. The van der Waals surface area contributed by atoms with Crippen LogP contribution < -0.4 is 20.3 Å². The molecular weight excluding hydrogens is 513 g/mol. The lowest BCUT2D eigenvalue weighted by molar-refractivity contribution is 0.102. The van der Waals surface area contributed by atoms with Crippen molar-refractivity contribution in [3.63, 3.8) is 0 Å². The highest BCUT2D eigenvalue weighted by Crippen LogP contribution is 2.31. The molecule has 2 N–H and O–H groups in total. The number of carbonyl (C=O) groups is 1. The summed E-state index contributed by atoms with van der Waals surface area (Å²) in [4.78, 5) is 25.0. The third-order valence-electron chi connectivity index (χ3n) is 7.05. The zero-order valence-corrected chi connectivity index (χ0v) is 22.7. The predicted octanol–water partition coefficient (Wildman–Crippen LogP) is 3.41. The molecule has 1 amide bonds. The molecule has 0 radical (unpaired) electrons. The smallest absolute Gasteiger partial charge is 0.317 e. The summed E-state index contributed by atoms with van der Waals surface area (Å²) in [5, 5.41) is 16.0. The molecule has 40 heavy (non-hydrogen) atoms. The fraction of sp³-hybridized carbons (Fsp3) is 0.321. The van der Waals surface area contributed by atoms with Crippen LogP contribution in [0.2, 0.25) is 0 Å². The van der Waals surface area contributed by atoms with Gasteiger partial charge in [-0.1, -0.05) is 0 Å². The van der Waals surface area contributed by atoms with Crippen molar-refractivity contribution in [3.05, 3.63) is 66.0 Å². The van der Waals surface area contributed by atoms with Crippen LogP contribution in [-0.4, -0.2) is 60.6 Å². The Balaban J connectivity index is 1.38. The first-order valence-corrected chi connectivity index (χ1v) is 13.1. The normalized spacial score (nSPS) is 17.5. The van der Waals surface area contributed by atoms with Gasteiger partial charge in [0.1, 0.15) is 12.1 Å². The van der Waals surface area contributed by atoms with Crippen LogP contribution in [0.5, 0.6) is 6.01 Å². The summed E-state index contributed by atoms with van der Waals surface area (Å²) in [6.07, 6.45) is 5.09. The molecule has 0 spiro atoms. The number of benzene rings is 2. The maximum Gasteiger partial charge on any atom is 0.317 e. The van der Waals surface area contributed by atoms with Crippen molar-refractivity contribution >= 4 is 39.1 Å². The van der Waals surface area contributed by atoms with E-state index in [1.807, 2.05) is 19.2 Å². The topological polar surface area (TPSA) is 115 Å². The van der Waals surface area contributed by atoms with Gasteiger partial charge in [-0.2, -0.15) is 15.2 Å². The molecule has 0 bridgehead atoms. The standard InChI is InChI=1S/C28H30FN9O2/c1-16-12-38(13-17(2)32-16)24-6-5-21(27(39)33-19-9-18-14-36(3)35-25(18)23(29)10-19)26-22(24)11-30-28(34-26)40-15-20-7-8-31-37(20)4/h5-11,14,16-17,32H,12-13,15H2,1-4H3,(H,33,39)/t16-,17-/m0/s1. The number of aryl methyl sites for hydroxylation is 2. The van der Waals surface area contributed by atoms with Crippen LogP contribution in [0.25, 0.3) is 21.8 Å². The molecule has 1 saturated heterocycles. The van der Waals surface area contributed by atoms with Crippen molar-refractivity contribution < 1.29 is 13.9 Å². The zero-order chi connectivity index (χ0) is 28.0. The molecule has 0 saturated carbocycles. The molecular formula is C28H30FN9O2. The third-order valence-corrected chi connectivity index (χ3v) is 7.05. The van der Waals surface area contributed by atoms with Gasteiger partial charge in [-0.05, 0) is 44.2 Å². The number of ether oxygens (including phenoxy) is 1. The number of fused-ring (bicyclic) bond motifs is 2. The van der Waals surface area contributed by atoms with E-state index in [9.17, 15) is 9.18 Å². The Labute approximate surface area is 230 Å². The third kappa shape index (κ3) is 4.93. The van der Waals surface area contributed by atoms with Crippen LogP contribution in [0.1, 0.15) is 29.9 Å². The summed E-state index contributed by atoms with van der Waals surface area (Å²) in [6, 6.07) is 9.22. The summed E-state index contributed by atoms with van der Waals surface area (Å²) in [7, 11) is 3.55. The monoisotopic (exact) mass is 543 g/mol. The highest BCUT2D eigenvalue weighted by atomic mass is 19.1. The highest BCUT2D eigenvalue weighted by Gasteiger charge is 2.25. The van der Waals surface area contributed by atoms with Crippen LogP contribution in [0, 0.1) is 5.82 Å². The molecule has 206 valence electrons. The molecule has 6 rings (SSSR count). The SMILES string of the molecule is C[C@H]1CN(c2ccc(C(=O)Nc3cc(F)c4nn(C)cc4c3)c3nc(OCc4ccnn4C)ncc23)C[C@H](C)N1. The van der Waals surface area contributed by atoms with E-state index in [0.717, 1.165) is 29.9 Å². The number of anilines is 2. The Morgan fingerprint density at radius 1 is 1.15 bits per heavy atom. The van der Waals surface area contributed by atoms with Crippen molar-refractivity contribution in [3.8, 4) is 6.01 Å². The quantitative estimate of drug-likeness (QED) is 0.335. The largest absolute Gasteiger partial charge is 0.457 e. The van der Waals surface area contributed by atoms with Gasteiger partial charge in [0.25, 0.3) is 5.91 Å². The van der Waals surface area contributed by atoms with E-state index in [1.54, 1.807) is 42.5 Å². The van der Waals surface area contributed by atoms with Crippen LogP contribution in [-0.2, 0) is 20.7 Å². The number of carbonyl (C=O) groups excluding carboxylic acids is 1. The number of hydrogen-bond donors (Lipinski definition) is 2. The molecule has 1 fully saturated rings. The molecule has 3 aromatic heterocycles. The lowest BCUT2D eigenvalue weighted by Gasteiger charge is -2.38. The van der Waals surface area contributed by atoms with Crippen molar-refractivity contribution in [2.75, 3.05) is 23.3 Å². The van der Waals surface area contributed by atoms with Gasteiger partial charge in [-0.25, -0.2) is 9.37 Å².